The average Bonchev–Trinajstić information content (AvgIpc) is 2.01. The minimum absolute atomic E-state index is 0.0756. The summed E-state index contributed by atoms with van der Waals surface area (Å²) in [6.45, 7) is 8.79. The van der Waals surface area contributed by atoms with Gasteiger partial charge in [0.25, 0.3) is 0 Å². The van der Waals surface area contributed by atoms with Crippen LogP contribution >= 0.6 is 18.5 Å². The van der Waals surface area contributed by atoms with Crippen molar-refractivity contribution in [1.29, 1.82) is 0 Å². The summed E-state index contributed by atoms with van der Waals surface area (Å²) in [5.74, 6) is 1.21. The molecule has 0 amide bonds. The van der Waals surface area contributed by atoms with Crippen LogP contribution < -0.4 is 0 Å². The third-order valence-electron chi connectivity index (χ3n) is 1.47. The van der Waals surface area contributed by atoms with Gasteiger partial charge in [0, 0.05) is 0 Å². The second-order valence-electron chi connectivity index (χ2n) is 2.56. The van der Waals surface area contributed by atoms with E-state index in [1.54, 1.807) is 0 Å². The van der Waals surface area contributed by atoms with Gasteiger partial charge in [-0.2, -0.15) is 0 Å². The summed E-state index contributed by atoms with van der Waals surface area (Å²) in [6.07, 6.45) is 2.53. The van der Waals surface area contributed by atoms with E-state index in [4.69, 9.17) is 4.74 Å². The molecule has 0 aromatic heterocycles. The molecule has 2 unspecified atom stereocenters. The molecule has 0 aliphatic heterocycles. The maximum Gasteiger partial charge on any atom is 0.0755 e. The Kier molecular flexibility index (Phi) is 7.89. The molecule has 0 aliphatic rings. The Morgan fingerprint density at radius 1 is 1.45 bits per heavy atom. The third-order valence-corrected chi connectivity index (χ3v) is 5.09. The van der Waals surface area contributed by atoms with E-state index >= 15 is 0 Å². The van der Waals surface area contributed by atoms with Crippen LogP contribution in [0.1, 0.15) is 27.2 Å². The first-order valence-electron chi connectivity index (χ1n) is 4.16. The van der Waals surface area contributed by atoms with Crippen molar-refractivity contribution in [3.8, 4) is 0 Å². The minimum atomic E-state index is 0.0756. The van der Waals surface area contributed by atoms with Crippen molar-refractivity contribution in [2.45, 2.75) is 33.3 Å². The fourth-order valence-electron chi connectivity index (χ4n) is 0.608. The first kappa shape index (κ1) is 11.7. The summed E-state index contributed by atoms with van der Waals surface area (Å²) in [5, 5.41) is 0. The third kappa shape index (κ3) is 7.11. The molecule has 2 atom stereocenters. The summed E-state index contributed by atoms with van der Waals surface area (Å²) in [6, 6.07) is 0. The van der Waals surface area contributed by atoms with Crippen LogP contribution in [0.15, 0.2) is 0 Å². The molecule has 0 heterocycles. The molecule has 0 bridgehead atoms. The molecular formula is C8H19OPS. The number of hydrogen-bond acceptors (Lipinski definition) is 2. The lowest BCUT2D eigenvalue weighted by molar-refractivity contribution is 0.101. The fraction of sp³-hybridized carbons (Fsp3) is 1.00. The van der Waals surface area contributed by atoms with Crippen LogP contribution in [-0.2, 0) is 4.74 Å². The standard InChI is InChI=1S/C8H19OPS/c1-5-8(3)9-7-10(4)11-6-2/h8H,5-7H2,1-4H3. The molecule has 0 aromatic carbocycles. The van der Waals surface area contributed by atoms with E-state index in [0.717, 1.165) is 12.8 Å². The van der Waals surface area contributed by atoms with Gasteiger partial charge < -0.3 is 4.74 Å². The predicted octanol–water partition coefficient (Wildman–Crippen LogP) is 3.54. The van der Waals surface area contributed by atoms with Crippen molar-refractivity contribution < 1.29 is 4.74 Å². The molecule has 0 radical (unpaired) electrons. The van der Waals surface area contributed by atoms with Crippen molar-refractivity contribution in [3.05, 3.63) is 0 Å². The lowest BCUT2D eigenvalue weighted by Gasteiger charge is -2.14. The van der Waals surface area contributed by atoms with E-state index in [0.29, 0.717) is 6.10 Å². The molecule has 0 aromatic rings. The first-order chi connectivity index (χ1) is 5.20. The van der Waals surface area contributed by atoms with Gasteiger partial charge in [0.15, 0.2) is 0 Å². The topological polar surface area (TPSA) is 9.23 Å². The Labute approximate surface area is 75.8 Å². The molecular weight excluding hydrogens is 175 g/mol. The highest BCUT2D eigenvalue weighted by Gasteiger charge is 2.03. The molecule has 0 fully saturated rings. The second kappa shape index (κ2) is 7.39. The van der Waals surface area contributed by atoms with Crippen molar-refractivity contribution >= 4 is 18.5 Å². The molecule has 0 saturated carbocycles. The van der Waals surface area contributed by atoms with Crippen molar-refractivity contribution in [2.75, 3.05) is 18.8 Å². The van der Waals surface area contributed by atoms with Gasteiger partial charge in [-0.1, -0.05) is 13.8 Å². The second-order valence-corrected chi connectivity index (χ2v) is 7.55. The molecule has 0 aliphatic carbocycles. The van der Waals surface area contributed by atoms with Crippen molar-refractivity contribution in [1.82, 2.24) is 0 Å². The molecule has 0 N–H and O–H groups in total. The van der Waals surface area contributed by atoms with Gasteiger partial charge in [0.2, 0.25) is 0 Å². The zero-order valence-electron chi connectivity index (χ0n) is 7.96. The fourth-order valence-corrected chi connectivity index (χ4v) is 3.32. The van der Waals surface area contributed by atoms with E-state index in [1.807, 2.05) is 11.4 Å². The van der Waals surface area contributed by atoms with Crippen LogP contribution in [0.5, 0.6) is 0 Å². The Morgan fingerprint density at radius 3 is 2.55 bits per heavy atom. The number of ether oxygens (including phenoxy) is 1. The smallest absolute Gasteiger partial charge is 0.0755 e. The van der Waals surface area contributed by atoms with Crippen LogP contribution in [0.2, 0.25) is 0 Å². The van der Waals surface area contributed by atoms with Gasteiger partial charge in [-0.05, 0) is 32.9 Å². The Bertz CT molecular complexity index is 90.2. The summed E-state index contributed by atoms with van der Waals surface area (Å²) in [7, 11) is 0.0756. The monoisotopic (exact) mass is 194 g/mol. The average molecular weight is 194 g/mol. The van der Waals surface area contributed by atoms with Crippen LogP contribution in [0, 0.1) is 0 Å². The molecule has 1 nitrogen and oxygen atoms in total. The van der Waals surface area contributed by atoms with Crippen molar-refractivity contribution in [2.24, 2.45) is 0 Å². The van der Waals surface area contributed by atoms with Gasteiger partial charge in [-0.15, -0.1) is 11.4 Å². The summed E-state index contributed by atoms with van der Waals surface area (Å²) < 4.78 is 5.61. The summed E-state index contributed by atoms with van der Waals surface area (Å²) >= 11 is 2.02. The summed E-state index contributed by atoms with van der Waals surface area (Å²) in [5.41, 5.74) is 0. The van der Waals surface area contributed by atoms with Gasteiger partial charge in [0.05, 0.1) is 12.5 Å². The summed E-state index contributed by atoms with van der Waals surface area (Å²) in [4.78, 5) is 0. The largest absolute Gasteiger partial charge is 0.373 e. The highest BCUT2D eigenvalue weighted by molar-refractivity contribution is 8.55. The molecule has 0 saturated heterocycles. The van der Waals surface area contributed by atoms with Gasteiger partial charge >= 0.3 is 0 Å². The van der Waals surface area contributed by atoms with Crippen molar-refractivity contribution in [3.63, 3.8) is 0 Å². The molecule has 0 spiro atoms. The van der Waals surface area contributed by atoms with E-state index in [1.165, 1.54) is 5.75 Å². The highest BCUT2D eigenvalue weighted by atomic mass is 32.7. The van der Waals surface area contributed by atoms with Crippen LogP contribution in [0.3, 0.4) is 0 Å². The zero-order chi connectivity index (χ0) is 8.69. The lowest BCUT2D eigenvalue weighted by Crippen LogP contribution is -2.05. The number of rotatable bonds is 6. The molecule has 11 heavy (non-hydrogen) atoms. The zero-order valence-corrected chi connectivity index (χ0v) is 9.67. The van der Waals surface area contributed by atoms with E-state index in [-0.39, 0.29) is 7.12 Å². The quantitative estimate of drug-likeness (QED) is 0.598. The maximum absolute atomic E-state index is 5.61. The van der Waals surface area contributed by atoms with E-state index in [9.17, 15) is 0 Å². The molecule has 3 heteroatoms. The van der Waals surface area contributed by atoms with E-state index < -0.39 is 0 Å². The van der Waals surface area contributed by atoms with Gasteiger partial charge in [0.1, 0.15) is 0 Å². The molecule has 0 rings (SSSR count). The maximum atomic E-state index is 5.61. The normalized spacial score (nSPS) is 16.4. The van der Waals surface area contributed by atoms with E-state index in [2.05, 4.69) is 27.4 Å². The number of hydrogen-bond donors (Lipinski definition) is 0. The Morgan fingerprint density at radius 2 is 2.09 bits per heavy atom. The SMILES string of the molecule is CCSP(C)COC(C)CC. The Hall–Kier alpha value is 0.740. The minimum Gasteiger partial charge on any atom is -0.373 e. The van der Waals surface area contributed by atoms with Gasteiger partial charge in [-0.25, -0.2) is 0 Å². The van der Waals surface area contributed by atoms with Crippen LogP contribution in [0.4, 0.5) is 0 Å². The van der Waals surface area contributed by atoms with Crippen LogP contribution in [-0.4, -0.2) is 24.9 Å². The Balaban J connectivity index is 3.22. The first-order valence-corrected chi connectivity index (χ1v) is 7.72. The predicted molar refractivity (Wildman–Crippen MR) is 56.7 cm³/mol. The highest BCUT2D eigenvalue weighted by Crippen LogP contribution is 2.45. The van der Waals surface area contributed by atoms with Crippen LogP contribution in [0.25, 0.3) is 0 Å². The van der Waals surface area contributed by atoms with Gasteiger partial charge in [-0.3, -0.25) is 0 Å². The molecule has 68 valence electrons. The lowest BCUT2D eigenvalue weighted by atomic mass is 10.3.